The Morgan fingerprint density at radius 3 is 2.57 bits per heavy atom. The summed E-state index contributed by atoms with van der Waals surface area (Å²) in [6.45, 7) is 6.06. The quantitative estimate of drug-likeness (QED) is 0.621. The molecule has 0 saturated carbocycles. The lowest BCUT2D eigenvalue weighted by molar-refractivity contribution is -0.165. The fraction of sp³-hybridized carbons (Fsp3) is 0.550. The molecule has 1 aliphatic rings. The molecule has 1 aliphatic heterocycles. The molecule has 2 rings (SSSR count). The molecule has 152 valence electrons. The van der Waals surface area contributed by atoms with Gasteiger partial charge in [0, 0.05) is 28.6 Å². The van der Waals surface area contributed by atoms with Crippen LogP contribution in [-0.2, 0) is 16.0 Å². The number of hydrogen-bond acceptors (Lipinski definition) is 4. The molecule has 8 heteroatoms. The fourth-order valence-corrected chi connectivity index (χ4v) is 3.61. The first kappa shape index (κ1) is 22.4. The van der Waals surface area contributed by atoms with Gasteiger partial charge in [0.15, 0.2) is 5.60 Å². The first-order valence-corrected chi connectivity index (χ1v) is 10.2. The third kappa shape index (κ3) is 5.14. The van der Waals surface area contributed by atoms with Gasteiger partial charge in [-0.2, -0.15) is 5.26 Å². The molecule has 0 aromatic heterocycles. The summed E-state index contributed by atoms with van der Waals surface area (Å²) in [6, 6.07) is 9.13. The first-order valence-electron chi connectivity index (χ1n) is 9.16. The minimum atomic E-state index is -1.37. The largest absolute Gasteiger partial charge is 0.465 e. The molecule has 0 bridgehead atoms. The second-order valence-corrected chi connectivity index (χ2v) is 9.21. The summed E-state index contributed by atoms with van der Waals surface area (Å²) in [7, 11) is 0. The number of benzene rings is 1. The fourth-order valence-electron chi connectivity index (χ4n) is 3.25. The van der Waals surface area contributed by atoms with Gasteiger partial charge < -0.3 is 20.1 Å². The Labute approximate surface area is 179 Å². The SMILES string of the molecule is CC(C)(C)[C@@]1(C(=O)N[C@H](C#N)Cc2ccc(I)cc2)CN(C(=O)O)CCCO1. The molecule has 2 N–H and O–H groups in total. The number of halogens is 1. The Morgan fingerprint density at radius 2 is 2.04 bits per heavy atom. The number of carbonyl (C=O) groups is 2. The van der Waals surface area contributed by atoms with Gasteiger partial charge in [-0.15, -0.1) is 0 Å². The van der Waals surface area contributed by atoms with E-state index < -0.39 is 29.1 Å². The minimum absolute atomic E-state index is 0.0701. The summed E-state index contributed by atoms with van der Waals surface area (Å²) in [5.41, 5.74) is -1.10. The van der Waals surface area contributed by atoms with Gasteiger partial charge in [0.25, 0.3) is 5.91 Å². The average Bonchev–Trinajstić information content (AvgIpc) is 2.86. The van der Waals surface area contributed by atoms with Crippen LogP contribution in [0.2, 0.25) is 0 Å². The van der Waals surface area contributed by atoms with Gasteiger partial charge in [0.1, 0.15) is 6.04 Å². The average molecular weight is 499 g/mol. The van der Waals surface area contributed by atoms with Crippen LogP contribution in [-0.4, -0.2) is 53.3 Å². The third-order valence-electron chi connectivity index (χ3n) is 5.00. The summed E-state index contributed by atoms with van der Waals surface area (Å²) < 4.78 is 7.07. The van der Waals surface area contributed by atoms with Gasteiger partial charge in [-0.3, -0.25) is 4.79 Å². The zero-order valence-electron chi connectivity index (χ0n) is 16.4. The van der Waals surface area contributed by atoms with Crippen LogP contribution in [0.3, 0.4) is 0 Å². The molecule has 1 saturated heterocycles. The van der Waals surface area contributed by atoms with Crippen LogP contribution < -0.4 is 5.32 Å². The lowest BCUT2D eigenvalue weighted by atomic mass is 9.75. The maximum atomic E-state index is 13.3. The number of nitrogens with one attached hydrogen (secondary N) is 1. The second-order valence-electron chi connectivity index (χ2n) is 7.97. The van der Waals surface area contributed by atoms with E-state index in [-0.39, 0.29) is 13.2 Å². The number of carboxylic acid groups (broad SMARTS) is 1. The highest BCUT2D eigenvalue weighted by molar-refractivity contribution is 14.1. The Kier molecular flexibility index (Phi) is 7.28. The van der Waals surface area contributed by atoms with Crippen LogP contribution in [0.15, 0.2) is 24.3 Å². The molecule has 1 fully saturated rings. The monoisotopic (exact) mass is 499 g/mol. The van der Waals surface area contributed by atoms with E-state index in [4.69, 9.17) is 4.74 Å². The molecule has 2 atom stereocenters. The topological polar surface area (TPSA) is 103 Å². The van der Waals surface area contributed by atoms with Crippen molar-refractivity contribution in [2.75, 3.05) is 19.7 Å². The highest BCUT2D eigenvalue weighted by Crippen LogP contribution is 2.37. The normalized spacial score (nSPS) is 21.3. The molecule has 2 amide bonds. The van der Waals surface area contributed by atoms with Crippen molar-refractivity contribution in [3.63, 3.8) is 0 Å². The van der Waals surface area contributed by atoms with Crippen LogP contribution in [0.4, 0.5) is 4.79 Å². The van der Waals surface area contributed by atoms with Crippen LogP contribution in [0, 0.1) is 20.3 Å². The number of ether oxygens (including phenoxy) is 1. The Morgan fingerprint density at radius 1 is 1.39 bits per heavy atom. The predicted molar refractivity (Wildman–Crippen MR) is 113 cm³/mol. The number of rotatable bonds is 4. The molecule has 1 aromatic carbocycles. The van der Waals surface area contributed by atoms with Gasteiger partial charge in [-0.25, -0.2) is 4.79 Å². The van der Waals surface area contributed by atoms with E-state index in [0.717, 1.165) is 9.13 Å². The summed E-state index contributed by atoms with van der Waals surface area (Å²) >= 11 is 2.21. The van der Waals surface area contributed by atoms with Crippen molar-refractivity contribution in [2.45, 2.75) is 45.3 Å². The molecular weight excluding hydrogens is 473 g/mol. The minimum Gasteiger partial charge on any atom is -0.465 e. The molecule has 1 heterocycles. The van der Waals surface area contributed by atoms with Crippen LogP contribution in [0.1, 0.15) is 32.8 Å². The van der Waals surface area contributed by atoms with Crippen molar-refractivity contribution in [3.8, 4) is 6.07 Å². The molecule has 0 unspecified atom stereocenters. The zero-order chi connectivity index (χ0) is 20.9. The molecular formula is C20H26IN3O4. The summed E-state index contributed by atoms with van der Waals surface area (Å²) in [4.78, 5) is 26.1. The highest BCUT2D eigenvalue weighted by Gasteiger charge is 2.52. The molecule has 0 spiro atoms. The zero-order valence-corrected chi connectivity index (χ0v) is 18.5. The smallest absolute Gasteiger partial charge is 0.407 e. The predicted octanol–water partition coefficient (Wildman–Crippen LogP) is 3.03. The Bertz CT molecular complexity index is 754. The van der Waals surface area contributed by atoms with Gasteiger partial charge in [0.05, 0.1) is 12.6 Å². The second kappa shape index (κ2) is 9.09. The van der Waals surface area contributed by atoms with E-state index in [0.29, 0.717) is 19.4 Å². The van der Waals surface area contributed by atoms with Gasteiger partial charge in [-0.1, -0.05) is 32.9 Å². The summed E-state index contributed by atoms with van der Waals surface area (Å²) in [5, 5.41) is 21.8. The third-order valence-corrected chi connectivity index (χ3v) is 5.72. The maximum Gasteiger partial charge on any atom is 0.407 e. The number of amides is 2. The van der Waals surface area contributed by atoms with Gasteiger partial charge in [-0.05, 0) is 46.7 Å². The van der Waals surface area contributed by atoms with Gasteiger partial charge >= 0.3 is 6.09 Å². The van der Waals surface area contributed by atoms with E-state index in [9.17, 15) is 20.0 Å². The number of nitrogens with zero attached hydrogens (tertiary/aromatic N) is 2. The number of hydrogen-bond donors (Lipinski definition) is 2. The van der Waals surface area contributed by atoms with Crippen molar-refractivity contribution < 1.29 is 19.4 Å². The van der Waals surface area contributed by atoms with Crippen molar-refractivity contribution in [3.05, 3.63) is 33.4 Å². The van der Waals surface area contributed by atoms with E-state index in [1.165, 1.54) is 4.90 Å². The van der Waals surface area contributed by atoms with Crippen molar-refractivity contribution in [2.24, 2.45) is 5.41 Å². The first-order chi connectivity index (χ1) is 13.1. The van der Waals surface area contributed by atoms with Crippen molar-refractivity contribution >= 4 is 34.6 Å². The molecule has 0 radical (unpaired) electrons. The molecule has 7 nitrogen and oxygen atoms in total. The van der Waals surface area contributed by atoms with Crippen LogP contribution in [0.5, 0.6) is 0 Å². The van der Waals surface area contributed by atoms with Crippen molar-refractivity contribution in [1.29, 1.82) is 5.26 Å². The number of carbonyl (C=O) groups excluding carboxylic acids is 1. The van der Waals surface area contributed by atoms with Crippen molar-refractivity contribution in [1.82, 2.24) is 10.2 Å². The lowest BCUT2D eigenvalue weighted by Gasteiger charge is -2.43. The molecule has 1 aromatic rings. The summed E-state index contributed by atoms with van der Waals surface area (Å²) in [6.07, 6.45) is -0.202. The van der Waals surface area contributed by atoms with E-state index in [1.54, 1.807) is 0 Å². The van der Waals surface area contributed by atoms with Gasteiger partial charge in [0.2, 0.25) is 0 Å². The molecule has 28 heavy (non-hydrogen) atoms. The van der Waals surface area contributed by atoms with E-state index in [1.807, 2.05) is 45.0 Å². The lowest BCUT2D eigenvalue weighted by Crippen LogP contribution is -2.63. The maximum absolute atomic E-state index is 13.3. The Hall–Kier alpha value is -1.86. The highest BCUT2D eigenvalue weighted by atomic mass is 127. The van der Waals surface area contributed by atoms with Crippen LogP contribution in [0.25, 0.3) is 0 Å². The Balaban J connectivity index is 2.25. The standard InChI is InChI=1S/C20H26IN3O4/c1-19(2,3)20(13-24(18(26)27)9-4-10-28-20)17(25)23-16(12-22)11-14-5-7-15(21)8-6-14/h5-8,16H,4,9-11,13H2,1-3H3,(H,23,25)(H,26,27)/t16-,20-/m0/s1. The van der Waals surface area contributed by atoms with E-state index in [2.05, 4.69) is 34.0 Å². The molecule has 0 aliphatic carbocycles. The van der Waals surface area contributed by atoms with Crippen LogP contribution >= 0.6 is 22.6 Å². The summed E-state index contributed by atoms with van der Waals surface area (Å²) in [5.74, 6) is -0.454. The number of nitriles is 1. The van der Waals surface area contributed by atoms with E-state index >= 15 is 0 Å².